The number of pyridine rings is 1. The molecule has 0 aliphatic heterocycles. The Morgan fingerprint density at radius 2 is 1.57 bits per heavy atom. The first kappa shape index (κ1) is 28.8. The van der Waals surface area contributed by atoms with Crippen molar-refractivity contribution in [2.24, 2.45) is 5.41 Å². The Morgan fingerprint density at radius 1 is 1.03 bits per heavy atom. The molecule has 3 rings (SSSR count). The number of hydrogen-bond acceptors (Lipinski definition) is 3. The van der Waals surface area contributed by atoms with Crippen LogP contribution in [0.25, 0.3) is 0 Å². The molecule has 3 nitrogen and oxygen atoms in total. The minimum atomic E-state index is -2.00. The summed E-state index contributed by atoms with van der Waals surface area (Å²) in [6.45, 7) is 25.0. The summed E-state index contributed by atoms with van der Waals surface area (Å²) in [6.07, 6.45) is 1.21. The van der Waals surface area contributed by atoms with Crippen LogP contribution in [0.2, 0.25) is 18.1 Å². The number of benzene rings is 1. The van der Waals surface area contributed by atoms with Crippen LogP contribution in [0.3, 0.4) is 0 Å². The normalized spacial score (nSPS) is 19.2. The smallest absolute Gasteiger partial charge is 0.192 e. The van der Waals surface area contributed by atoms with E-state index in [2.05, 4.69) is 122 Å². The Morgan fingerprint density at radius 3 is 2.06 bits per heavy atom. The SMILES string of the molecule is CC(C)c1ccc([C@@H](O)c2c(C(C)C)nc3c(c2I)[C@@H](O[Si](C)(C)C(C)(C)C)CC(C)(C)C3)cc1. The van der Waals surface area contributed by atoms with Crippen LogP contribution in [0.1, 0.15) is 126 Å². The number of aliphatic hydroxyl groups is 1. The van der Waals surface area contributed by atoms with Gasteiger partial charge in [0.2, 0.25) is 0 Å². The van der Waals surface area contributed by atoms with Crippen molar-refractivity contribution in [1.29, 1.82) is 0 Å². The number of halogens is 1. The van der Waals surface area contributed by atoms with Crippen molar-refractivity contribution in [2.75, 3.05) is 0 Å². The summed E-state index contributed by atoms with van der Waals surface area (Å²) >= 11 is 2.48. The second-order valence-electron chi connectivity index (χ2n) is 13.4. The third kappa shape index (κ3) is 6.05. The fourth-order valence-corrected chi connectivity index (χ4v) is 7.30. The van der Waals surface area contributed by atoms with Gasteiger partial charge >= 0.3 is 0 Å². The summed E-state index contributed by atoms with van der Waals surface area (Å²) in [5.74, 6) is 0.688. The van der Waals surface area contributed by atoms with Crippen molar-refractivity contribution >= 4 is 30.9 Å². The number of aromatic nitrogens is 1. The predicted octanol–water partition coefficient (Wildman–Crippen LogP) is 9.05. The van der Waals surface area contributed by atoms with E-state index in [4.69, 9.17) is 9.41 Å². The third-order valence-corrected chi connectivity index (χ3v) is 13.7. The molecule has 0 amide bonds. The van der Waals surface area contributed by atoms with Crippen LogP contribution in [0, 0.1) is 8.99 Å². The van der Waals surface area contributed by atoms with Crippen LogP contribution < -0.4 is 0 Å². The van der Waals surface area contributed by atoms with Crippen molar-refractivity contribution in [1.82, 2.24) is 4.98 Å². The Balaban J connectivity index is 2.18. The van der Waals surface area contributed by atoms with Gasteiger partial charge in [-0.15, -0.1) is 0 Å². The van der Waals surface area contributed by atoms with Gasteiger partial charge in [-0.25, -0.2) is 0 Å². The average molecular weight is 608 g/mol. The summed E-state index contributed by atoms with van der Waals surface area (Å²) in [7, 11) is -2.00. The molecule has 0 bridgehead atoms. The number of hydrogen-bond donors (Lipinski definition) is 1. The Kier molecular flexibility index (Phi) is 8.38. The van der Waals surface area contributed by atoms with Gasteiger partial charge in [0.15, 0.2) is 8.32 Å². The van der Waals surface area contributed by atoms with Gasteiger partial charge < -0.3 is 9.53 Å². The van der Waals surface area contributed by atoms with Crippen molar-refractivity contribution < 1.29 is 9.53 Å². The van der Waals surface area contributed by atoms with Gasteiger partial charge in [-0.1, -0.05) is 86.6 Å². The zero-order chi connectivity index (χ0) is 26.5. The van der Waals surface area contributed by atoms with Gasteiger partial charge in [0, 0.05) is 20.4 Å². The summed E-state index contributed by atoms with van der Waals surface area (Å²) in [5.41, 5.74) is 6.67. The molecule has 5 heteroatoms. The highest BCUT2D eigenvalue weighted by Crippen LogP contribution is 2.50. The van der Waals surface area contributed by atoms with E-state index in [1.165, 1.54) is 11.1 Å². The molecule has 35 heavy (non-hydrogen) atoms. The van der Waals surface area contributed by atoms with Gasteiger partial charge in [-0.05, 0) is 81.9 Å². The molecule has 1 heterocycles. The van der Waals surface area contributed by atoms with Crippen molar-refractivity contribution in [3.8, 4) is 0 Å². The number of nitrogens with zero attached hydrogens (tertiary/aromatic N) is 1. The first-order valence-electron chi connectivity index (χ1n) is 13.1. The summed E-state index contributed by atoms with van der Waals surface area (Å²) in [4.78, 5) is 5.27. The maximum absolute atomic E-state index is 11.7. The van der Waals surface area contributed by atoms with Gasteiger partial charge in [0.05, 0.1) is 11.8 Å². The molecule has 194 valence electrons. The molecule has 2 atom stereocenters. The fraction of sp³-hybridized carbons (Fsp3) is 0.633. The van der Waals surface area contributed by atoms with Crippen molar-refractivity contribution in [2.45, 2.75) is 117 Å². The standard InChI is InChI=1S/C30H46INO2Si/c1-18(2)20-12-14-21(15-13-20)28(33)25-26(31)24-22(32-27(25)19(3)4)16-30(8,9)17-23(24)34-35(10,11)29(5,6)7/h12-15,18-19,23,28,33H,16-17H2,1-11H3/t23-,28+/m0/s1. The first-order valence-corrected chi connectivity index (χ1v) is 17.1. The first-order chi connectivity index (χ1) is 15.9. The molecule has 1 aliphatic carbocycles. The van der Waals surface area contributed by atoms with Gasteiger partial charge in [-0.2, -0.15) is 0 Å². The van der Waals surface area contributed by atoms with Crippen molar-refractivity contribution in [3.63, 3.8) is 0 Å². The lowest BCUT2D eigenvalue weighted by Crippen LogP contribution is -2.44. The molecule has 1 aromatic carbocycles. The van der Waals surface area contributed by atoms with Crippen LogP contribution in [0.4, 0.5) is 0 Å². The van der Waals surface area contributed by atoms with Crippen LogP contribution in [0.5, 0.6) is 0 Å². The van der Waals surface area contributed by atoms with Gasteiger partial charge in [0.25, 0.3) is 0 Å². The van der Waals surface area contributed by atoms with E-state index in [0.29, 0.717) is 5.92 Å². The minimum Gasteiger partial charge on any atom is -0.410 e. The van der Waals surface area contributed by atoms with E-state index >= 15 is 0 Å². The third-order valence-electron chi connectivity index (χ3n) is 8.00. The van der Waals surface area contributed by atoms with E-state index in [0.717, 1.165) is 38.9 Å². The van der Waals surface area contributed by atoms with E-state index in [-0.39, 0.29) is 22.5 Å². The molecule has 0 unspecified atom stereocenters. The van der Waals surface area contributed by atoms with Crippen LogP contribution >= 0.6 is 22.6 Å². The lowest BCUT2D eigenvalue weighted by Gasteiger charge is -2.44. The summed E-state index contributed by atoms with van der Waals surface area (Å²) in [5, 5.41) is 11.8. The second kappa shape index (κ2) is 10.2. The molecular weight excluding hydrogens is 561 g/mol. The summed E-state index contributed by atoms with van der Waals surface area (Å²) in [6, 6.07) is 8.43. The van der Waals surface area contributed by atoms with Crippen LogP contribution in [-0.4, -0.2) is 18.4 Å². The average Bonchev–Trinajstić information content (AvgIpc) is 2.70. The zero-order valence-corrected chi connectivity index (χ0v) is 26.9. The molecule has 0 fully saturated rings. The molecule has 1 N–H and O–H groups in total. The molecule has 0 radical (unpaired) electrons. The number of fused-ring (bicyclic) bond motifs is 1. The second-order valence-corrected chi connectivity index (χ2v) is 19.2. The molecule has 0 saturated carbocycles. The van der Waals surface area contributed by atoms with E-state index in [9.17, 15) is 5.11 Å². The Hall–Kier alpha value is -0.763. The molecule has 1 aliphatic rings. The highest BCUT2D eigenvalue weighted by Gasteiger charge is 2.44. The lowest BCUT2D eigenvalue weighted by molar-refractivity contribution is 0.104. The summed E-state index contributed by atoms with van der Waals surface area (Å²) < 4.78 is 8.22. The highest BCUT2D eigenvalue weighted by molar-refractivity contribution is 14.1. The molecular formula is C30H46INO2Si. The highest BCUT2D eigenvalue weighted by atomic mass is 127. The fourth-order valence-electron chi connectivity index (χ4n) is 4.80. The topological polar surface area (TPSA) is 42.4 Å². The minimum absolute atomic E-state index is 0.00419. The molecule has 2 aromatic rings. The quantitative estimate of drug-likeness (QED) is 0.263. The lowest BCUT2D eigenvalue weighted by atomic mass is 9.74. The maximum atomic E-state index is 11.7. The maximum Gasteiger partial charge on any atom is 0.192 e. The van der Waals surface area contributed by atoms with Crippen molar-refractivity contribution in [3.05, 3.63) is 61.5 Å². The van der Waals surface area contributed by atoms with Crippen LogP contribution in [0.15, 0.2) is 24.3 Å². The molecule has 1 aromatic heterocycles. The van der Waals surface area contributed by atoms with Crippen LogP contribution in [-0.2, 0) is 10.8 Å². The van der Waals surface area contributed by atoms with Gasteiger partial charge in [0.1, 0.15) is 6.10 Å². The monoisotopic (exact) mass is 607 g/mol. The molecule has 0 spiro atoms. The zero-order valence-electron chi connectivity index (χ0n) is 23.7. The van der Waals surface area contributed by atoms with E-state index in [1.54, 1.807) is 0 Å². The number of rotatable bonds is 6. The Labute approximate surface area is 228 Å². The molecule has 0 saturated heterocycles. The number of aliphatic hydroxyl groups excluding tert-OH is 1. The predicted molar refractivity (Wildman–Crippen MR) is 159 cm³/mol. The Bertz CT molecular complexity index is 1050. The van der Waals surface area contributed by atoms with E-state index in [1.807, 2.05) is 0 Å². The van der Waals surface area contributed by atoms with Gasteiger partial charge in [-0.3, -0.25) is 4.98 Å². The van der Waals surface area contributed by atoms with E-state index < -0.39 is 14.4 Å². The largest absolute Gasteiger partial charge is 0.410 e.